The molecule has 2 heterocycles. The average Bonchev–Trinajstić information content (AvgIpc) is 2.82. The number of hydrogen-bond donors (Lipinski definition) is 1. The highest BCUT2D eigenvalue weighted by Gasteiger charge is 2.14. The van der Waals surface area contributed by atoms with E-state index in [1.54, 1.807) is 18.3 Å². The summed E-state index contributed by atoms with van der Waals surface area (Å²) in [5, 5.41) is 7.22. The van der Waals surface area contributed by atoms with E-state index in [1.165, 1.54) is 11.8 Å². The van der Waals surface area contributed by atoms with Gasteiger partial charge in [-0.1, -0.05) is 11.1 Å². The van der Waals surface area contributed by atoms with Crippen molar-refractivity contribution >= 4 is 17.7 Å². The number of thioether (sulfide) groups is 1. The number of carbonyl (C=O) groups excluding carboxylic acids is 1. The van der Waals surface area contributed by atoms with Crippen LogP contribution in [-0.4, -0.2) is 22.6 Å². The summed E-state index contributed by atoms with van der Waals surface area (Å²) >= 11 is 1.47. The molecule has 0 atom stereocenters. The molecule has 2 rings (SSSR count). The van der Waals surface area contributed by atoms with Crippen molar-refractivity contribution in [2.24, 2.45) is 0 Å². The van der Waals surface area contributed by atoms with Gasteiger partial charge in [0.05, 0.1) is 17.8 Å². The van der Waals surface area contributed by atoms with Crippen molar-refractivity contribution < 1.29 is 9.32 Å². The first kappa shape index (κ1) is 15.1. The summed E-state index contributed by atoms with van der Waals surface area (Å²) in [6, 6.07) is 3.46. The van der Waals surface area contributed by atoms with Crippen LogP contribution >= 0.6 is 11.8 Å². The molecule has 1 amide bonds. The van der Waals surface area contributed by atoms with Gasteiger partial charge in [-0.3, -0.25) is 4.79 Å². The highest BCUT2D eigenvalue weighted by Crippen LogP contribution is 2.27. The first-order chi connectivity index (χ1) is 10.1. The molecule has 0 aromatic carbocycles. The second-order valence-electron chi connectivity index (χ2n) is 4.33. The van der Waals surface area contributed by atoms with Gasteiger partial charge >= 0.3 is 0 Å². The highest BCUT2D eigenvalue weighted by molar-refractivity contribution is 7.98. The van der Waals surface area contributed by atoms with Crippen molar-refractivity contribution in [3.8, 4) is 12.3 Å². The molecule has 0 aliphatic rings. The smallest absolute Gasteiger partial charge is 0.254 e. The summed E-state index contributed by atoms with van der Waals surface area (Å²) in [6.07, 6.45) is 6.81. The Morgan fingerprint density at radius 3 is 3.00 bits per heavy atom. The number of aryl methyl sites for hydroxylation is 2. The number of aromatic nitrogens is 2. The quantitative estimate of drug-likeness (QED) is 0.678. The third-order valence-corrected chi connectivity index (χ3v) is 3.93. The molecule has 108 valence electrons. The van der Waals surface area contributed by atoms with Crippen molar-refractivity contribution in [2.75, 3.05) is 6.54 Å². The maximum absolute atomic E-state index is 12.0. The molecule has 6 heteroatoms. The predicted molar refractivity (Wildman–Crippen MR) is 80.9 cm³/mol. The Balaban J connectivity index is 2.14. The van der Waals surface area contributed by atoms with Crippen LogP contribution in [0.15, 0.2) is 27.9 Å². The van der Waals surface area contributed by atoms with Gasteiger partial charge in [-0.05, 0) is 26.0 Å². The molecule has 0 saturated carbocycles. The van der Waals surface area contributed by atoms with Crippen LogP contribution in [0.2, 0.25) is 0 Å². The predicted octanol–water partition coefficient (Wildman–Crippen LogP) is 2.34. The molecule has 0 fully saturated rings. The monoisotopic (exact) mass is 301 g/mol. The van der Waals surface area contributed by atoms with E-state index in [0.29, 0.717) is 16.3 Å². The number of pyridine rings is 1. The van der Waals surface area contributed by atoms with Gasteiger partial charge in [0.25, 0.3) is 5.91 Å². The average molecular weight is 301 g/mol. The second-order valence-corrected chi connectivity index (χ2v) is 5.30. The second kappa shape index (κ2) is 6.95. The fourth-order valence-electron chi connectivity index (χ4n) is 1.75. The van der Waals surface area contributed by atoms with E-state index in [9.17, 15) is 4.79 Å². The maximum Gasteiger partial charge on any atom is 0.254 e. The van der Waals surface area contributed by atoms with E-state index >= 15 is 0 Å². The number of carbonyl (C=O) groups is 1. The van der Waals surface area contributed by atoms with Crippen LogP contribution in [0, 0.1) is 26.2 Å². The fraction of sp³-hybridized carbons (Fsp3) is 0.267. The third-order valence-electron chi connectivity index (χ3n) is 2.90. The molecule has 2 aromatic heterocycles. The van der Waals surface area contributed by atoms with E-state index in [4.69, 9.17) is 10.9 Å². The first-order valence-electron chi connectivity index (χ1n) is 6.34. The van der Waals surface area contributed by atoms with Crippen molar-refractivity contribution in [1.29, 1.82) is 0 Å². The fourth-order valence-corrected chi connectivity index (χ4v) is 2.90. The Hall–Kier alpha value is -2.26. The molecular formula is C15H15N3O2S. The summed E-state index contributed by atoms with van der Waals surface area (Å²) < 4.78 is 5.13. The number of terminal acetylenes is 1. The van der Waals surface area contributed by atoms with Crippen molar-refractivity contribution in [3.05, 3.63) is 40.9 Å². The van der Waals surface area contributed by atoms with Gasteiger partial charge in [-0.25, -0.2) is 4.98 Å². The third kappa shape index (κ3) is 3.64. The van der Waals surface area contributed by atoms with Crippen molar-refractivity contribution in [3.63, 3.8) is 0 Å². The van der Waals surface area contributed by atoms with Gasteiger partial charge in [0, 0.05) is 17.5 Å². The molecule has 0 saturated heterocycles. The van der Waals surface area contributed by atoms with Crippen molar-refractivity contribution in [1.82, 2.24) is 15.5 Å². The first-order valence-corrected chi connectivity index (χ1v) is 7.33. The summed E-state index contributed by atoms with van der Waals surface area (Å²) in [5.41, 5.74) is 2.40. The number of nitrogens with one attached hydrogen (secondary N) is 1. The molecule has 0 aliphatic heterocycles. The Kier molecular flexibility index (Phi) is 5.01. The Labute approximate surface area is 127 Å². The molecule has 1 N–H and O–H groups in total. The van der Waals surface area contributed by atoms with E-state index in [2.05, 4.69) is 21.4 Å². The lowest BCUT2D eigenvalue weighted by Gasteiger charge is -2.07. The number of amides is 1. The minimum absolute atomic E-state index is 0.196. The number of nitrogens with zero attached hydrogens (tertiary/aromatic N) is 2. The van der Waals surface area contributed by atoms with Crippen LogP contribution in [0.3, 0.4) is 0 Å². The topological polar surface area (TPSA) is 68.0 Å². The van der Waals surface area contributed by atoms with E-state index < -0.39 is 0 Å². The van der Waals surface area contributed by atoms with Crippen LogP contribution < -0.4 is 5.32 Å². The Bertz CT molecular complexity index is 669. The number of rotatable bonds is 5. The molecular weight excluding hydrogens is 286 g/mol. The largest absolute Gasteiger partial charge is 0.361 e. The minimum atomic E-state index is -0.220. The van der Waals surface area contributed by atoms with Gasteiger partial charge in [0.15, 0.2) is 0 Å². The van der Waals surface area contributed by atoms with E-state index in [1.807, 2.05) is 13.8 Å². The van der Waals surface area contributed by atoms with Gasteiger partial charge in [0.1, 0.15) is 10.8 Å². The Morgan fingerprint density at radius 2 is 2.33 bits per heavy atom. The maximum atomic E-state index is 12.0. The molecule has 5 nitrogen and oxygen atoms in total. The molecule has 0 aliphatic carbocycles. The van der Waals surface area contributed by atoms with Crippen LogP contribution in [0.4, 0.5) is 0 Å². The molecule has 21 heavy (non-hydrogen) atoms. The van der Waals surface area contributed by atoms with E-state index in [0.717, 1.165) is 17.0 Å². The zero-order valence-electron chi connectivity index (χ0n) is 11.8. The van der Waals surface area contributed by atoms with Crippen molar-refractivity contribution in [2.45, 2.75) is 24.6 Å². The molecule has 0 spiro atoms. The van der Waals surface area contributed by atoms with Crippen LogP contribution in [0.5, 0.6) is 0 Å². The molecule has 0 bridgehead atoms. The zero-order chi connectivity index (χ0) is 15.2. The molecule has 2 aromatic rings. The normalized spacial score (nSPS) is 10.1. The highest BCUT2D eigenvalue weighted by atomic mass is 32.2. The molecule has 0 radical (unpaired) electrons. The standard InChI is InChI=1S/C15H15N3O2S/c1-4-7-16-14(19)12-6-5-8-17-15(12)21-9-13-10(2)18-20-11(13)3/h1,5-6,8H,7,9H2,2-3H3,(H,16,19). The lowest BCUT2D eigenvalue weighted by Crippen LogP contribution is -2.24. The van der Waals surface area contributed by atoms with Crippen LogP contribution in [-0.2, 0) is 5.75 Å². The van der Waals surface area contributed by atoms with Crippen LogP contribution in [0.25, 0.3) is 0 Å². The zero-order valence-corrected chi connectivity index (χ0v) is 12.7. The SMILES string of the molecule is C#CCNC(=O)c1cccnc1SCc1c(C)noc1C. The molecule has 0 unspecified atom stereocenters. The summed E-state index contributed by atoms with van der Waals surface area (Å²) in [5.74, 6) is 3.59. The summed E-state index contributed by atoms with van der Waals surface area (Å²) in [6.45, 7) is 3.96. The van der Waals surface area contributed by atoms with E-state index in [-0.39, 0.29) is 12.5 Å². The Morgan fingerprint density at radius 1 is 1.52 bits per heavy atom. The van der Waals surface area contributed by atoms with Gasteiger partial charge in [-0.2, -0.15) is 0 Å². The van der Waals surface area contributed by atoms with Gasteiger partial charge < -0.3 is 9.84 Å². The summed E-state index contributed by atoms with van der Waals surface area (Å²) in [4.78, 5) is 16.3. The number of hydrogen-bond acceptors (Lipinski definition) is 5. The summed E-state index contributed by atoms with van der Waals surface area (Å²) in [7, 11) is 0. The van der Waals surface area contributed by atoms with Gasteiger partial charge in [0.2, 0.25) is 0 Å². The lowest BCUT2D eigenvalue weighted by atomic mass is 10.2. The van der Waals surface area contributed by atoms with Gasteiger partial charge in [-0.15, -0.1) is 18.2 Å². The van der Waals surface area contributed by atoms with Crippen LogP contribution in [0.1, 0.15) is 27.4 Å². The lowest BCUT2D eigenvalue weighted by molar-refractivity contribution is 0.0955. The minimum Gasteiger partial charge on any atom is -0.361 e.